The van der Waals surface area contributed by atoms with Crippen LogP contribution >= 0.6 is 0 Å². The molecule has 2 rings (SSSR count). The second kappa shape index (κ2) is 6.47. The van der Waals surface area contributed by atoms with Crippen LogP contribution in [-0.2, 0) is 11.3 Å². The topological polar surface area (TPSA) is 71.1 Å². The lowest BCUT2D eigenvalue weighted by Gasteiger charge is -2.07. The van der Waals surface area contributed by atoms with Gasteiger partial charge in [-0.25, -0.2) is 0 Å². The summed E-state index contributed by atoms with van der Waals surface area (Å²) in [5, 5.41) is 5.42. The van der Waals surface area contributed by atoms with Crippen molar-refractivity contribution in [1.82, 2.24) is 10.3 Å². The zero-order chi connectivity index (χ0) is 14.4. The largest absolute Gasteiger partial charge is 0.346 e. The number of hydrogen-bond donors (Lipinski definition) is 2. The molecule has 0 fully saturated rings. The van der Waals surface area contributed by atoms with Crippen molar-refractivity contribution < 1.29 is 9.59 Å². The monoisotopic (exact) mass is 269 g/mol. The molecule has 0 aliphatic rings. The fourth-order valence-corrected chi connectivity index (χ4v) is 1.72. The van der Waals surface area contributed by atoms with Gasteiger partial charge in [-0.2, -0.15) is 0 Å². The molecule has 0 radical (unpaired) electrons. The number of rotatable bonds is 4. The van der Waals surface area contributed by atoms with E-state index in [4.69, 9.17) is 0 Å². The fourth-order valence-electron chi connectivity index (χ4n) is 1.72. The molecular formula is C15H15N3O2. The first-order valence-corrected chi connectivity index (χ1v) is 6.21. The predicted molar refractivity (Wildman–Crippen MR) is 76.2 cm³/mol. The van der Waals surface area contributed by atoms with Gasteiger partial charge in [-0.1, -0.05) is 12.1 Å². The SMILES string of the molecule is CC(=O)Nc1cccc(C(=O)NCc2ccccn2)c1. The minimum Gasteiger partial charge on any atom is -0.346 e. The minimum absolute atomic E-state index is 0.170. The Balaban J connectivity index is 2.00. The maximum Gasteiger partial charge on any atom is 0.251 e. The molecule has 2 aromatic rings. The quantitative estimate of drug-likeness (QED) is 0.891. The summed E-state index contributed by atoms with van der Waals surface area (Å²) in [7, 11) is 0. The Hall–Kier alpha value is -2.69. The number of hydrogen-bond acceptors (Lipinski definition) is 3. The third-order valence-corrected chi connectivity index (χ3v) is 2.60. The van der Waals surface area contributed by atoms with Gasteiger partial charge < -0.3 is 10.6 Å². The number of carbonyl (C=O) groups is 2. The first kappa shape index (κ1) is 13.7. The van der Waals surface area contributed by atoms with Crippen LogP contribution in [0, 0.1) is 0 Å². The summed E-state index contributed by atoms with van der Waals surface area (Å²) in [5.41, 5.74) is 1.88. The summed E-state index contributed by atoms with van der Waals surface area (Å²) in [4.78, 5) is 27.1. The van der Waals surface area contributed by atoms with Crippen molar-refractivity contribution in [3.8, 4) is 0 Å². The molecule has 5 nitrogen and oxygen atoms in total. The van der Waals surface area contributed by atoms with E-state index < -0.39 is 0 Å². The highest BCUT2D eigenvalue weighted by molar-refractivity contribution is 5.96. The summed E-state index contributed by atoms with van der Waals surface area (Å²) in [5.74, 6) is -0.376. The third kappa shape index (κ3) is 3.91. The van der Waals surface area contributed by atoms with Crippen molar-refractivity contribution in [2.45, 2.75) is 13.5 Å². The summed E-state index contributed by atoms with van der Waals surface area (Å²) >= 11 is 0. The van der Waals surface area contributed by atoms with Crippen molar-refractivity contribution in [1.29, 1.82) is 0 Å². The lowest BCUT2D eigenvalue weighted by molar-refractivity contribution is -0.114. The maximum absolute atomic E-state index is 12.0. The Kier molecular flexibility index (Phi) is 4.44. The Labute approximate surface area is 117 Å². The zero-order valence-corrected chi connectivity index (χ0v) is 11.1. The van der Waals surface area contributed by atoms with Gasteiger partial charge in [0.1, 0.15) is 0 Å². The van der Waals surface area contributed by atoms with E-state index in [2.05, 4.69) is 15.6 Å². The van der Waals surface area contributed by atoms with Crippen molar-refractivity contribution in [3.05, 3.63) is 59.9 Å². The van der Waals surface area contributed by atoms with Crippen molar-refractivity contribution >= 4 is 17.5 Å². The average molecular weight is 269 g/mol. The van der Waals surface area contributed by atoms with Gasteiger partial charge in [0.25, 0.3) is 5.91 Å². The van der Waals surface area contributed by atoms with E-state index in [0.29, 0.717) is 17.8 Å². The molecule has 0 saturated carbocycles. The van der Waals surface area contributed by atoms with Crippen LogP contribution < -0.4 is 10.6 Å². The van der Waals surface area contributed by atoms with E-state index in [1.807, 2.05) is 18.2 Å². The highest BCUT2D eigenvalue weighted by atomic mass is 16.2. The van der Waals surface area contributed by atoms with Gasteiger partial charge in [-0.15, -0.1) is 0 Å². The van der Waals surface area contributed by atoms with Crippen molar-refractivity contribution in [2.24, 2.45) is 0 Å². The fraction of sp³-hybridized carbons (Fsp3) is 0.133. The van der Waals surface area contributed by atoms with Gasteiger partial charge in [0.2, 0.25) is 5.91 Å². The van der Waals surface area contributed by atoms with Crippen LogP contribution in [0.1, 0.15) is 23.0 Å². The highest BCUT2D eigenvalue weighted by Crippen LogP contribution is 2.10. The Morgan fingerprint density at radius 3 is 2.70 bits per heavy atom. The number of nitrogens with zero attached hydrogens (tertiary/aromatic N) is 1. The molecule has 0 aliphatic carbocycles. The lowest BCUT2D eigenvalue weighted by atomic mass is 10.2. The Morgan fingerprint density at radius 1 is 1.15 bits per heavy atom. The molecule has 102 valence electrons. The molecular weight excluding hydrogens is 254 g/mol. The second-order valence-corrected chi connectivity index (χ2v) is 4.27. The van der Waals surface area contributed by atoms with Crippen LogP contribution in [0.5, 0.6) is 0 Å². The number of pyridine rings is 1. The van der Waals surface area contributed by atoms with Crippen LogP contribution in [0.15, 0.2) is 48.7 Å². The standard InChI is InChI=1S/C15H15N3O2/c1-11(19)18-13-7-4-5-12(9-13)15(20)17-10-14-6-2-3-8-16-14/h2-9H,10H2,1H3,(H,17,20)(H,18,19). The van der Waals surface area contributed by atoms with Crippen molar-refractivity contribution in [2.75, 3.05) is 5.32 Å². The van der Waals surface area contributed by atoms with E-state index in [1.54, 1.807) is 30.5 Å². The predicted octanol–water partition coefficient (Wildman–Crippen LogP) is 1.97. The normalized spacial score (nSPS) is 9.85. The first-order valence-electron chi connectivity index (χ1n) is 6.21. The number of benzene rings is 1. The number of aromatic nitrogens is 1. The summed E-state index contributed by atoms with van der Waals surface area (Å²) in [6.45, 7) is 1.79. The van der Waals surface area contributed by atoms with Crippen molar-refractivity contribution in [3.63, 3.8) is 0 Å². The molecule has 1 heterocycles. The van der Waals surface area contributed by atoms with Gasteiger partial charge in [0.15, 0.2) is 0 Å². The Morgan fingerprint density at radius 2 is 2.00 bits per heavy atom. The number of nitrogens with one attached hydrogen (secondary N) is 2. The van der Waals surface area contributed by atoms with Crippen LogP contribution in [0.25, 0.3) is 0 Å². The van der Waals surface area contributed by atoms with E-state index in [1.165, 1.54) is 6.92 Å². The lowest BCUT2D eigenvalue weighted by Crippen LogP contribution is -2.23. The molecule has 0 bridgehead atoms. The van der Waals surface area contributed by atoms with Gasteiger partial charge >= 0.3 is 0 Å². The van der Waals surface area contributed by atoms with Crippen LogP contribution in [0.4, 0.5) is 5.69 Å². The van der Waals surface area contributed by atoms with Gasteiger partial charge in [-0.05, 0) is 30.3 Å². The Bertz CT molecular complexity index is 612. The maximum atomic E-state index is 12.0. The molecule has 1 aromatic heterocycles. The molecule has 0 spiro atoms. The third-order valence-electron chi connectivity index (χ3n) is 2.60. The summed E-state index contributed by atoms with van der Waals surface area (Å²) < 4.78 is 0. The molecule has 0 unspecified atom stereocenters. The van der Waals surface area contributed by atoms with Gasteiger partial charge in [0.05, 0.1) is 12.2 Å². The molecule has 2 amide bonds. The minimum atomic E-state index is -0.206. The zero-order valence-electron chi connectivity index (χ0n) is 11.1. The average Bonchev–Trinajstić information content (AvgIpc) is 2.45. The molecule has 0 saturated heterocycles. The molecule has 1 aromatic carbocycles. The number of carbonyl (C=O) groups excluding carboxylic acids is 2. The number of anilines is 1. The van der Waals surface area contributed by atoms with Crippen LogP contribution in [-0.4, -0.2) is 16.8 Å². The molecule has 2 N–H and O–H groups in total. The van der Waals surface area contributed by atoms with E-state index in [9.17, 15) is 9.59 Å². The summed E-state index contributed by atoms with van der Waals surface area (Å²) in [6.07, 6.45) is 1.68. The second-order valence-electron chi connectivity index (χ2n) is 4.27. The van der Waals surface area contributed by atoms with Crippen LogP contribution in [0.2, 0.25) is 0 Å². The van der Waals surface area contributed by atoms with E-state index >= 15 is 0 Å². The molecule has 0 atom stereocenters. The number of amides is 2. The first-order chi connectivity index (χ1) is 9.65. The smallest absolute Gasteiger partial charge is 0.251 e. The van der Waals surface area contributed by atoms with Gasteiger partial charge in [0, 0.05) is 24.4 Å². The highest BCUT2D eigenvalue weighted by Gasteiger charge is 2.06. The molecule has 0 aliphatic heterocycles. The molecule has 5 heteroatoms. The summed E-state index contributed by atoms with van der Waals surface area (Å²) in [6, 6.07) is 12.3. The van der Waals surface area contributed by atoms with E-state index in [-0.39, 0.29) is 11.8 Å². The van der Waals surface area contributed by atoms with Gasteiger partial charge in [-0.3, -0.25) is 14.6 Å². The molecule has 20 heavy (non-hydrogen) atoms. The van der Waals surface area contributed by atoms with E-state index in [0.717, 1.165) is 5.69 Å². The van der Waals surface area contributed by atoms with Crippen LogP contribution in [0.3, 0.4) is 0 Å².